The lowest BCUT2D eigenvalue weighted by molar-refractivity contribution is -0.137. The largest absolute Gasteiger partial charge is 0.472 e. The SMILES string of the molecule is CO/N=C(\C)CCNC(=O)CCNC(=O)C(O)C(C)(C)COP(=O)(O)OC(C)C. The van der Waals surface area contributed by atoms with E-state index in [1.54, 1.807) is 20.8 Å². The zero-order valence-corrected chi connectivity index (χ0v) is 18.8. The Labute approximate surface area is 171 Å². The number of oxime groups is 1. The summed E-state index contributed by atoms with van der Waals surface area (Å²) in [5, 5.41) is 19.1. The molecule has 29 heavy (non-hydrogen) atoms. The van der Waals surface area contributed by atoms with Gasteiger partial charge in [0.2, 0.25) is 11.8 Å². The molecule has 0 rings (SSSR count). The molecule has 12 heteroatoms. The van der Waals surface area contributed by atoms with Crippen molar-refractivity contribution in [2.24, 2.45) is 10.6 Å². The van der Waals surface area contributed by atoms with Crippen LogP contribution in [0.15, 0.2) is 5.16 Å². The Balaban J connectivity index is 4.32. The first kappa shape index (κ1) is 27.5. The molecule has 0 aromatic rings. The fourth-order valence-corrected chi connectivity index (χ4v) is 3.14. The van der Waals surface area contributed by atoms with Gasteiger partial charge in [-0.05, 0) is 20.8 Å². The number of hydrogen-bond donors (Lipinski definition) is 4. The highest BCUT2D eigenvalue weighted by Crippen LogP contribution is 2.46. The molecule has 2 amide bonds. The molecule has 0 saturated carbocycles. The second kappa shape index (κ2) is 12.9. The minimum Gasteiger partial charge on any atom is -0.399 e. The van der Waals surface area contributed by atoms with Crippen molar-refractivity contribution in [2.45, 2.75) is 59.7 Å². The van der Waals surface area contributed by atoms with E-state index < -0.39 is 31.4 Å². The van der Waals surface area contributed by atoms with Gasteiger partial charge in [0.05, 0.1) is 18.4 Å². The third-order valence-corrected chi connectivity index (χ3v) is 4.78. The maximum Gasteiger partial charge on any atom is 0.472 e. The van der Waals surface area contributed by atoms with Crippen LogP contribution in [0, 0.1) is 5.41 Å². The zero-order chi connectivity index (χ0) is 22.7. The summed E-state index contributed by atoms with van der Waals surface area (Å²) in [6, 6.07) is 0. The molecule has 4 N–H and O–H groups in total. The molecule has 0 saturated heterocycles. The summed E-state index contributed by atoms with van der Waals surface area (Å²) in [5.41, 5.74) is -0.427. The molecule has 170 valence electrons. The molecule has 0 spiro atoms. The van der Waals surface area contributed by atoms with Gasteiger partial charge in [-0.15, -0.1) is 0 Å². The number of aliphatic hydroxyl groups is 1. The highest BCUT2D eigenvalue weighted by molar-refractivity contribution is 7.47. The van der Waals surface area contributed by atoms with Crippen LogP contribution in [-0.4, -0.2) is 66.5 Å². The molecule has 2 unspecified atom stereocenters. The van der Waals surface area contributed by atoms with Crippen molar-refractivity contribution in [2.75, 3.05) is 26.8 Å². The van der Waals surface area contributed by atoms with Crippen LogP contribution in [0.3, 0.4) is 0 Å². The van der Waals surface area contributed by atoms with Crippen molar-refractivity contribution in [1.29, 1.82) is 0 Å². The Morgan fingerprint density at radius 2 is 1.76 bits per heavy atom. The Kier molecular flexibility index (Phi) is 12.2. The quantitative estimate of drug-likeness (QED) is 0.177. The van der Waals surface area contributed by atoms with E-state index in [1.165, 1.54) is 21.0 Å². The van der Waals surface area contributed by atoms with E-state index in [0.29, 0.717) is 13.0 Å². The highest BCUT2D eigenvalue weighted by atomic mass is 31.2. The first-order valence-corrected chi connectivity index (χ1v) is 10.7. The highest BCUT2D eigenvalue weighted by Gasteiger charge is 2.37. The summed E-state index contributed by atoms with van der Waals surface area (Å²) in [4.78, 5) is 38.0. The molecule has 0 aliphatic rings. The van der Waals surface area contributed by atoms with E-state index in [-0.39, 0.29) is 25.5 Å². The van der Waals surface area contributed by atoms with Crippen LogP contribution < -0.4 is 10.6 Å². The van der Waals surface area contributed by atoms with Gasteiger partial charge in [-0.3, -0.25) is 18.6 Å². The number of carbonyl (C=O) groups is 2. The number of rotatable bonds is 14. The second-order valence-electron chi connectivity index (χ2n) is 7.44. The van der Waals surface area contributed by atoms with Crippen molar-refractivity contribution in [3.63, 3.8) is 0 Å². The standard InChI is InChI=1S/C17H34N3O8P/c1-12(2)28-29(24,25)27-11-17(4,5)15(22)16(23)19-10-8-14(21)18-9-7-13(3)20-26-6/h12,15,22H,7-11H2,1-6H3,(H,18,21)(H,19,23)(H,24,25)/b20-13+. The fourth-order valence-electron chi connectivity index (χ4n) is 2.05. The van der Waals surface area contributed by atoms with Crippen LogP contribution in [0.1, 0.15) is 47.5 Å². The smallest absolute Gasteiger partial charge is 0.399 e. The van der Waals surface area contributed by atoms with Gasteiger partial charge in [0.1, 0.15) is 13.2 Å². The van der Waals surface area contributed by atoms with Crippen LogP contribution >= 0.6 is 7.82 Å². The summed E-state index contributed by atoms with van der Waals surface area (Å²) >= 11 is 0. The average Bonchev–Trinajstić information content (AvgIpc) is 2.58. The molecule has 0 aliphatic carbocycles. The van der Waals surface area contributed by atoms with Gasteiger partial charge < -0.3 is 25.5 Å². The number of nitrogens with one attached hydrogen (secondary N) is 2. The van der Waals surface area contributed by atoms with Crippen LogP contribution in [-0.2, 0) is 28.0 Å². The third-order valence-electron chi connectivity index (χ3n) is 3.64. The van der Waals surface area contributed by atoms with E-state index >= 15 is 0 Å². The molecule has 0 radical (unpaired) electrons. The van der Waals surface area contributed by atoms with Crippen molar-refractivity contribution < 1.29 is 38.0 Å². The van der Waals surface area contributed by atoms with Gasteiger partial charge >= 0.3 is 7.82 Å². The Hall–Kier alpha value is -1.52. The summed E-state index contributed by atoms with van der Waals surface area (Å²) in [7, 11) is -2.84. The predicted molar refractivity (Wildman–Crippen MR) is 107 cm³/mol. The van der Waals surface area contributed by atoms with Crippen molar-refractivity contribution in [3.8, 4) is 0 Å². The van der Waals surface area contributed by atoms with Crippen molar-refractivity contribution in [3.05, 3.63) is 0 Å². The molecule has 0 aromatic heterocycles. The monoisotopic (exact) mass is 439 g/mol. The molecule has 2 atom stereocenters. The van der Waals surface area contributed by atoms with Crippen LogP contribution in [0.25, 0.3) is 0 Å². The summed E-state index contributed by atoms with van der Waals surface area (Å²) in [6.45, 7) is 7.95. The lowest BCUT2D eigenvalue weighted by atomic mass is 9.87. The Bertz CT molecular complexity index is 609. The van der Waals surface area contributed by atoms with E-state index in [9.17, 15) is 24.2 Å². The lowest BCUT2D eigenvalue weighted by Crippen LogP contribution is -2.46. The molecule has 0 heterocycles. The van der Waals surface area contributed by atoms with Crippen molar-refractivity contribution in [1.82, 2.24) is 10.6 Å². The van der Waals surface area contributed by atoms with Crippen LogP contribution in [0.4, 0.5) is 0 Å². The number of carbonyl (C=O) groups excluding carboxylic acids is 2. The number of aliphatic hydroxyl groups excluding tert-OH is 1. The van der Waals surface area contributed by atoms with Gasteiger partial charge in [-0.25, -0.2) is 4.57 Å². The Morgan fingerprint density at radius 3 is 2.31 bits per heavy atom. The van der Waals surface area contributed by atoms with Crippen molar-refractivity contribution >= 4 is 25.3 Å². The van der Waals surface area contributed by atoms with Gasteiger partial charge in [0, 0.05) is 31.3 Å². The van der Waals surface area contributed by atoms with Crippen LogP contribution in [0.2, 0.25) is 0 Å². The predicted octanol–water partition coefficient (Wildman–Crippen LogP) is 0.950. The number of phosphoric acid groups is 1. The van der Waals surface area contributed by atoms with Crippen LogP contribution in [0.5, 0.6) is 0 Å². The number of amides is 2. The maximum absolute atomic E-state index is 12.1. The normalized spacial score (nSPS) is 15.6. The molecule has 0 aromatic carbocycles. The molecule has 0 bridgehead atoms. The molecule has 0 aliphatic heterocycles. The minimum absolute atomic E-state index is 0.0265. The molecular weight excluding hydrogens is 405 g/mol. The van der Waals surface area contributed by atoms with Gasteiger partial charge in [-0.2, -0.15) is 0 Å². The number of phosphoric ester groups is 1. The first-order valence-electron chi connectivity index (χ1n) is 9.25. The first-order chi connectivity index (χ1) is 13.3. The third kappa shape index (κ3) is 12.6. The number of hydrogen-bond acceptors (Lipinski definition) is 8. The summed E-state index contributed by atoms with van der Waals surface area (Å²) in [6.07, 6.45) is -1.47. The van der Waals surface area contributed by atoms with Gasteiger partial charge in [0.25, 0.3) is 0 Å². The van der Waals surface area contributed by atoms with Gasteiger partial charge in [-0.1, -0.05) is 19.0 Å². The summed E-state index contributed by atoms with van der Waals surface area (Å²) in [5.74, 6) is -0.980. The maximum atomic E-state index is 12.1. The zero-order valence-electron chi connectivity index (χ0n) is 17.9. The average molecular weight is 439 g/mol. The van der Waals surface area contributed by atoms with E-state index in [0.717, 1.165) is 5.71 Å². The number of nitrogens with zero attached hydrogens (tertiary/aromatic N) is 1. The molecular formula is C17H34N3O8P. The summed E-state index contributed by atoms with van der Waals surface area (Å²) < 4.78 is 21.4. The molecule has 11 nitrogen and oxygen atoms in total. The minimum atomic E-state index is -4.28. The molecule has 0 fully saturated rings. The lowest BCUT2D eigenvalue weighted by Gasteiger charge is -2.30. The van der Waals surface area contributed by atoms with Gasteiger partial charge in [0.15, 0.2) is 0 Å². The second-order valence-corrected chi connectivity index (χ2v) is 8.84. The Morgan fingerprint density at radius 1 is 1.17 bits per heavy atom. The van der Waals surface area contributed by atoms with E-state index in [2.05, 4.69) is 20.6 Å². The van der Waals surface area contributed by atoms with E-state index in [1.807, 2.05) is 0 Å². The fraction of sp³-hybridized carbons (Fsp3) is 0.824. The van der Waals surface area contributed by atoms with E-state index in [4.69, 9.17) is 9.05 Å². The topological polar surface area (TPSA) is 156 Å².